The highest BCUT2D eigenvalue weighted by molar-refractivity contribution is 7.15. The number of hydrogen-bond donors (Lipinski definition) is 1. The molecule has 0 aliphatic rings. The summed E-state index contributed by atoms with van der Waals surface area (Å²) in [5.41, 5.74) is 8.50. The van der Waals surface area contributed by atoms with E-state index in [2.05, 4.69) is 4.98 Å². The van der Waals surface area contributed by atoms with Crippen LogP contribution in [0.15, 0.2) is 35.8 Å². The van der Waals surface area contributed by atoms with E-state index in [1.165, 1.54) is 11.3 Å². The fourth-order valence-electron chi connectivity index (χ4n) is 1.81. The Labute approximate surface area is 101 Å². The third-order valence-electron chi connectivity index (χ3n) is 2.57. The lowest BCUT2D eigenvalue weighted by Crippen LogP contribution is -1.91. The molecular weight excluding hydrogens is 234 g/mol. The zero-order valence-electron chi connectivity index (χ0n) is 8.83. The van der Waals surface area contributed by atoms with Crippen LogP contribution in [-0.4, -0.2) is 15.7 Å². The molecule has 0 bridgehead atoms. The molecule has 3 rings (SSSR count). The van der Waals surface area contributed by atoms with E-state index < -0.39 is 0 Å². The molecule has 0 aliphatic carbocycles. The Hall–Kier alpha value is -2.14. The summed E-state index contributed by atoms with van der Waals surface area (Å²) < 4.78 is 1.79. The van der Waals surface area contributed by atoms with E-state index in [4.69, 9.17) is 5.73 Å². The third-order valence-corrected chi connectivity index (χ3v) is 3.33. The number of carbonyl (C=O) groups excluding carboxylic acids is 1. The second kappa shape index (κ2) is 3.71. The maximum atomic E-state index is 11.2. The lowest BCUT2D eigenvalue weighted by atomic mass is 10.1. The zero-order chi connectivity index (χ0) is 11.8. The fraction of sp³-hybridized carbons (Fsp3) is 0. The second-order valence-corrected chi connectivity index (χ2v) is 4.52. The van der Waals surface area contributed by atoms with Crippen LogP contribution in [0.25, 0.3) is 16.2 Å². The molecule has 0 saturated heterocycles. The molecule has 0 saturated carbocycles. The number of imidazole rings is 1. The van der Waals surface area contributed by atoms with Crippen molar-refractivity contribution in [3.8, 4) is 11.3 Å². The van der Waals surface area contributed by atoms with E-state index in [0.29, 0.717) is 17.1 Å². The number of rotatable bonds is 2. The minimum atomic E-state index is 0.562. The monoisotopic (exact) mass is 243 g/mol. The first-order chi connectivity index (χ1) is 8.29. The van der Waals surface area contributed by atoms with Gasteiger partial charge in [-0.05, 0) is 12.1 Å². The average Bonchev–Trinajstić information content (AvgIpc) is 2.88. The summed E-state index contributed by atoms with van der Waals surface area (Å²) in [5, 5.41) is 1.90. The molecule has 0 amide bonds. The van der Waals surface area contributed by atoms with Gasteiger partial charge < -0.3 is 5.73 Å². The van der Waals surface area contributed by atoms with Crippen molar-refractivity contribution in [2.75, 3.05) is 5.73 Å². The normalized spacial score (nSPS) is 10.8. The van der Waals surface area contributed by atoms with Gasteiger partial charge in [0.2, 0.25) is 0 Å². The molecule has 0 spiro atoms. The van der Waals surface area contributed by atoms with E-state index in [9.17, 15) is 4.79 Å². The number of aldehydes is 1. The first kappa shape index (κ1) is 10.0. The quantitative estimate of drug-likeness (QED) is 0.555. The summed E-state index contributed by atoms with van der Waals surface area (Å²) in [4.78, 5) is 16.4. The van der Waals surface area contributed by atoms with Crippen LogP contribution < -0.4 is 5.73 Å². The first-order valence-electron chi connectivity index (χ1n) is 5.06. The molecule has 2 N–H and O–H groups in total. The van der Waals surface area contributed by atoms with Gasteiger partial charge in [-0.15, -0.1) is 11.3 Å². The number of fused-ring (bicyclic) bond motifs is 1. The van der Waals surface area contributed by atoms with Crippen molar-refractivity contribution in [1.82, 2.24) is 9.38 Å². The Bertz CT molecular complexity index is 699. The van der Waals surface area contributed by atoms with Crippen molar-refractivity contribution in [1.29, 1.82) is 0 Å². The van der Waals surface area contributed by atoms with Gasteiger partial charge >= 0.3 is 0 Å². The minimum Gasteiger partial charge on any atom is -0.399 e. The van der Waals surface area contributed by atoms with Crippen molar-refractivity contribution >= 4 is 28.3 Å². The predicted octanol–water partition coefficient (Wildman–Crippen LogP) is 2.46. The van der Waals surface area contributed by atoms with Crippen LogP contribution in [0.5, 0.6) is 0 Å². The first-order valence-corrected chi connectivity index (χ1v) is 5.94. The molecule has 0 aliphatic heterocycles. The lowest BCUT2D eigenvalue weighted by Gasteiger charge is -1.99. The number of anilines is 1. The number of nitrogens with two attached hydrogens (primary N) is 1. The van der Waals surface area contributed by atoms with Gasteiger partial charge in [-0.25, -0.2) is 4.98 Å². The predicted molar refractivity (Wildman–Crippen MR) is 68.3 cm³/mol. The van der Waals surface area contributed by atoms with Crippen LogP contribution in [-0.2, 0) is 0 Å². The van der Waals surface area contributed by atoms with Gasteiger partial charge in [0.25, 0.3) is 0 Å². The highest BCUT2D eigenvalue weighted by Gasteiger charge is 2.13. The Morgan fingerprint density at radius 1 is 1.41 bits per heavy atom. The third kappa shape index (κ3) is 1.52. The molecular formula is C12H9N3OS. The number of nitrogens with zero attached hydrogens (tertiary/aromatic N) is 2. The number of carbonyl (C=O) groups is 1. The topological polar surface area (TPSA) is 60.4 Å². The van der Waals surface area contributed by atoms with Gasteiger partial charge in [-0.1, -0.05) is 12.1 Å². The summed E-state index contributed by atoms with van der Waals surface area (Å²) in [6, 6.07) is 7.38. The Kier molecular flexibility index (Phi) is 2.19. The molecule has 0 unspecified atom stereocenters. The summed E-state index contributed by atoms with van der Waals surface area (Å²) in [6.07, 6.45) is 2.66. The second-order valence-electron chi connectivity index (χ2n) is 3.64. The molecule has 0 atom stereocenters. The van der Waals surface area contributed by atoms with Crippen molar-refractivity contribution < 1.29 is 4.79 Å². The standard InChI is InChI=1S/C12H9N3OS/c13-9-3-1-2-8(6-9)11-10(7-16)15-4-5-17-12(15)14-11/h1-7H,13H2. The summed E-state index contributed by atoms with van der Waals surface area (Å²) >= 11 is 1.50. The fourth-order valence-corrected chi connectivity index (χ4v) is 2.54. The van der Waals surface area contributed by atoms with Crippen LogP contribution >= 0.6 is 11.3 Å². The van der Waals surface area contributed by atoms with Crippen LogP contribution in [0.3, 0.4) is 0 Å². The van der Waals surface area contributed by atoms with E-state index in [1.54, 1.807) is 4.40 Å². The SMILES string of the molecule is Nc1cccc(-c2nc3sccn3c2C=O)c1. The summed E-state index contributed by atoms with van der Waals surface area (Å²) in [6.45, 7) is 0. The van der Waals surface area contributed by atoms with Crippen molar-refractivity contribution in [2.45, 2.75) is 0 Å². The molecule has 84 valence electrons. The van der Waals surface area contributed by atoms with E-state index in [-0.39, 0.29) is 0 Å². The summed E-state index contributed by atoms with van der Waals surface area (Å²) in [5.74, 6) is 0. The van der Waals surface area contributed by atoms with Crippen molar-refractivity contribution in [2.24, 2.45) is 0 Å². The molecule has 2 aromatic heterocycles. The van der Waals surface area contributed by atoms with Crippen molar-refractivity contribution in [3.63, 3.8) is 0 Å². The van der Waals surface area contributed by atoms with E-state index >= 15 is 0 Å². The molecule has 3 aromatic rings. The summed E-state index contributed by atoms with van der Waals surface area (Å²) in [7, 11) is 0. The highest BCUT2D eigenvalue weighted by atomic mass is 32.1. The van der Waals surface area contributed by atoms with Crippen LogP contribution in [0, 0.1) is 0 Å². The molecule has 1 aromatic carbocycles. The Balaban J connectivity index is 2.29. The van der Waals surface area contributed by atoms with Gasteiger partial charge in [0.05, 0.1) is 0 Å². The van der Waals surface area contributed by atoms with Gasteiger partial charge in [0.1, 0.15) is 11.4 Å². The molecule has 2 heterocycles. The lowest BCUT2D eigenvalue weighted by molar-refractivity contribution is 0.111. The van der Waals surface area contributed by atoms with Crippen LogP contribution in [0.1, 0.15) is 10.5 Å². The number of nitrogen functional groups attached to an aromatic ring is 1. The maximum Gasteiger partial charge on any atom is 0.194 e. The molecule has 0 fully saturated rings. The van der Waals surface area contributed by atoms with E-state index in [0.717, 1.165) is 16.8 Å². The molecule has 17 heavy (non-hydrogen) atoms. The van der Waals surface area contributed by atoms with Crippen LogP contribution in [0.4, 0.5) is 5.69 Å². The number of benzene rings is 1. The zero-order valence-corrected chi connectivity index (χ0v) is 9.65. The molecule has 0 radical (unpaired) electrons. The highest BCUT2D eigenvalue weighted by Crippen LogP contribution is 2.26. The van der Waals surface area contributed by atoms with Gasteiger partial charge in [-0.3, -0.25) is 9.20 Å². The largest absolute Gasteiger partial charge is 0.399 e. The number of aromatic nitrogens is 2. The molecule has 5 heteroatoms. The average molecular weight is 243 g/mol. The number of thiazole rings is 1. The van der Waals surface area contributed by atoms with Gasteiger partial charge in [-0.2, -0.15) is 0 Å². The van der Waals surface area contributed by atoms with Crippen molar-refractivity contribution in [3.05, 3.63) is 41.5 Å². The Morgan fingerprint density at radius 2 is 2.29 bits per heavy atom. The Morgan fingerprint density at radius 3 is 3.06 bits per heavy atom. The molecule has 4 nitrogen and oxygen atoms in total. The van der Waals surface area contributed by atoms with Gasteiger partial charge in [0.15, 0.2) is 11.2 Å². The number of hydrogen-bond acceptors (Lipinski definition) is 4. The van der Waals surface area contributed by atoms with Gasteiger partial charge in [0, 0.05) is 22.8 Å². The minimum absolute atomic E-state index is 0.562. The van der Waals surface area contributed by atoms with Crippen LogP contribution in [0.2, 0.25) is 0 Å². The maximum absolute atomic E-state index is 11.2. The smallest absolute Gasteiger partial charge is 0.194 e. The van der Waals surface area contributed by atoms with E-state index in [1.807, 2.05) is 35.8 Å².